The van der Waals surface area contributed by atoms with Gasteiger partial charge in [0.25, 0.3) is 0 Å². The predicted molar refractivity (Wildman–Crippen MR) is 115 cm³/mol. The summed E-state index contributed by atoms with van der Waals surface area (Å²) in [5, 5.41) is 2.69. The van der Waals surface area contributed by atoms with Crippen LogP contribution >= 0.6 is 0 Å². The molecule has 1 aromatic carbocycles. The number of carbonyl (C=O) groups is 2. The van der Waals surface area contributed by atoms with E-state index in [0.717, 1.165) is 42.5 Å². The Labute approximate surface area is 176 Å². The molecule has 160 valence electrons. The van der Waals surface area contributed by atoms with Crippen LogP contribution in [0.15, 0.2) is 30.4 Å². The smallest absolute Gasteiger partial charge is 0.407 e. The van der Waals surface area contributed by atoms with E-state index in [0.29, 0.717) is 12.5 Å². The average molecular weight is 411 g/mol. The molecule has 1 unspecified atom stereocenters. The van der Waals surface area contributed by atoms with E-state index in [1.165, 1.54) is 12.7 Å². The van der Waals surface area contributed by atoms with Crippen LogP contribution in [0.4, 0.5) is 4.79 Å². The van der Waals surface area contributed by atoms with Gasteiger partial charge < -0.3 is 19.9 Å². The lowest BCUT2D eigenvalue weighted by molar-refractivity contribution is -0.135. The van der Waals surface area contributed by atoms with Crippen LogP contribution in [0.1, 0.15) is 62.9 Å². The van der Waals surface area contributed by atoms with Crippen molar-refractivity contribution in [3.63, 3.8) is 0 Å². The molecule has 0 spiro atoms. The summed E-state index contributed by atoms with van der Waals surface area (Å²) in [6.45, 7) is 4.50. The second kappa shape index (κ2) is 8.50. The Morgan fingerprint density at radius 3 is 2.83 bits per heavy atom. The maximum Gasteiger partial charge on any atom is 0.407 e. The van der Waals surface area contributed by atoms with Gasteiger partial charge in [-0.2, -0.15) is 0 Å². The zero-order chi connectivity index (χ0) is 21.3. The van der Waals surface area contributed by atoms with Crippen LogP contribution in [0.25, 0.3) is 11.0 Å². The van der Waals surface area contributed by atoms with Crippen molar-refractivity contribution in [1.29, 1.82) is 0 Å². The quantitative estimate of drug-likeness (QED) is 0.728. The number of H-pyrrole nitrogens is 1. The van der Waals surface area contributed by atoms with Crippen molar-refractivity contribution in [2.75, 3.05) is 13.7 Å². The van der Waals surface area contributed by atoms with Gasteiger partial charge >= 0.3 is 6.09 Å². The summed E-state index contributed by atoms with van der Waals surface area (Å²) >= 11 is 0. The van der Waals surface area contributed by atoms with E-state index >= 15 is 0 Å². The summed E-state index contributed by atoms with van der Waals surface area (Å²) in [5.41, 5.74) is 3.23. The average Bonchev–Trinajstić information content (AvgIpc) is 3.49. The minimum Gasteiger partial charge on any atom is -0.453 e. The van der Waals surface area contributed by atoms with Crippen LogP contribution in [0.2, 0.25) is 0 Å². The SMILES string of the molecule is COC(=O)N[C@H](C(=O)N1CCC[C@H]1c1nc2ccc(C3C=CCC3)cc2[nH]1)C(C)C. The van der Waals surface area contributed by atoms with E-state index in [1.54, 1.807) is 0 Å². The third kappa shape index (κ3) is 3.93. The van der Waals surface area contributed by atoms with Gasteiger partial charge in [-0.25, -0.2) is 9.78 Å². The molecule has 7 heteroatoms. The highest BCUT2D eigenvalue weighted by Gasteiger charge is 2.37. The molecule has 1 aliphatic heterocycles. The van der Waals surface area contributed by atoms with E-state index in [-0.39, 0.29) is 17.9 Å². The Balaban J connectivity index is 1.57. The number of benzene rings is 1. The summed E-state index contributed by atoms with van der Waals surface area (Å²) in [6.07, 6.45) is 7.98. The zero-order valence-corrected chi connectivity index (χ0v) is 17.9. The lowest BCUT2D eigenvalue weighted by Crippen LogP contribution is -2.51. The lowest BCUT2D eigenvalue weighted by Gasteiger charge is -2.29. The minimum absolute atomic E-state index is 0.0458. The number of imidazole rings is 1. The number of nitrogens with one attached hydrogen (secondary N) is 2. The largest absolute Gasteiger partial charge is 0.453 e. The van der Waals surface area contributed by atoms with E-state index in [1.807, 2.05) is 18.7 Å². The molecule has 4 rings (SSSR count). The van der Waals surface area contributed by atoms with Crippen molar-refractivity contribution in [3.8, 4) is 0 Å². The lowest BCUT2D eigenvalue weighted by atomic mass is 9.98. The van der Waals surface area contributed by atoms with Crippen molar-refractivity contribution in [1.82, 2.24) is 20.2 Å². The molecule has 1 saturated heterocycles. The molecule has 2 aliphatic rings. The number of rotatable bonds is 5. The number of amides is 2. The van der Waals surface area contributed by atoms with Crippen molar-refractivity contribution in [2.24, 2.45) is 5.92 Å². The molecule has 30 heavy (non-hydrogen) atoms. The van der Waals surface area contributed by atoms with E-state index in [9.17, 15) is 9.59 Å². The number of aromatic nitrogens is 2. The molecule has 7 nitrogen and oxygen atoms in total. The van der Waals surface area contributed by atoms with Crippen molar-refractivity contribution < 1.29 is 14.3 Å². The number of nitrogens with zero attached hydrogens (tertiary/aromatic N) is 2. The van der Waals surface area contributed by atoms with E-state index in [2.05, 4.69) is 40.7 Å². The maximum atomic E-state index is 13.3. The van der Waals surface area contributed by atoms with Crippen molar-refractivity contribution >= 4 is 23.0 Å². The number of methoxy groups -OCH3 is 1. The molecule has 3 atom stereocenters. The third-order valence-corrected chi connectivity index (χ3v) is 6.21. The Kier molecular flexibility index (Phi) is 5.79. The minimum atomic E-state index is -0.622. The second-order valence-electron chi connectivity index (χ2n) is 8.56. The number of aromatic amines is 1. The Morgan fingerprint density at radius 1 is 1.30 bits per heavy atom. The predicted octanol–water partition coefficient (Wildman–Crippen LogP) is 4.04. The highest BCUT2D eigenvalue weighted by Crippen LogP contribution is 2.34. The van der Waals surface area contributed by atoms with Gasteiger partial charge in [0.1, 0.15) is 11.9 Å². The molecule has 2 N–H and O–H groups in total. The number of fused-ring (bicyclic) bond motifs is 1. The number of allylic oxidation sites excluding steroid dienone is 2. The van der Waals surface area contributed by atoms with Gasteiger partial charge in [0.05, 0.1) is 24.2 Å². The zero-order valence-electron chi connectivity index (χ0n) is 17.9. The number of carbonyl (C=O) groups excluding carboxylic acids is 2. The molecule has 1 aromatic heterocycles. The van der Waals surface area contributed by atoms with Gasteiger partial charge in [0.15, 0.2) is 0 Å². The van der Waals surface area contributed by atoms with Crippen molar-refractivity contribution in [3.05, 3.63) is 41.7 Å². The number of hydrogen-bond donors (Lipinski definition) is 2. The van der Waals surface area contributed by atoms with Gasteiger partial charge in [-0.15, -0.1) is 0 Å². The first-order valence-electron chi connectivity index (χ1n) is 10.8. The molecule has 0 saturated carbocycles. The Bertz CT molecular complexity index is 965. The molecule has 2 amide bonds. The summed E-state index contributed by atoms with van der Waals surface area (Å²) in [6, 6.07) is 5.67. The second-order valence-corrected chi connectivity index (χ2v) is 8.56. The fourth-order valence-corrected chi connectivity index (χ4v) is 4.54. The highest BCUT2D eigenvalue weighted by molar-refractivity contribution is 5.86. The van der Waals surface area contributed by atoms with E-state index < -0.39 is 12.1 Å². The standard InChI is InChI=1S/C23H30N4O3/c1-14(2)20(26-23(29)30-3)22(28)27-12-6-9-19(27)21-24-17-11-10-16(13-18(17)25-21)15-7-4-5-8-15/h4,7,10-11,13-15,19-20H,5-6,8-9,12H2,1-3H3,(H,24,25)(H,26,29)/t15?,19-,20-/m0/s1. The number of likely N-dealkylation sites (tertiary alicyclic amines) is 1. The summed E-state index contributed by atoms with van der Waals surface area (Å²) in [5.74, 6) is 1.16. The number of hydrogen-bond acceptors (Lipinski definition) is 4. The van der Waals surface area contributed by atoms with Gasteiger partial charge in [0.2, 0.25) is 5.91 Å². The number of alkyl carbamates (subject to hydrolysis) is 1. The summed E-state index contributed by atoms with van der Waals surface area (Å²) in [4.78, 5) is 35.1. The summed E-state index contributed by atoms with van der Waals surface area (Å²) < 4.78 is 4.70. The molecule has 2 aromatic rings. The first kappa shape index (κ1) is 20.4. The van der Waals surface area contributed by atoms with Crippen LogP contribution in [-0.2, 0) is 9.53 Å². The molecular formula is C23H30N4O3. The van der Waals surface area contributed by atoms with Crippen LogP contribution in [0, 0.1) is 5.92 Å². The first-order chi connectivity index (χ1) is 14.5. The van der Waals surface area contributed by atoms with Gasteiger partial charge in [-0.1, -0.05) is 32.1 Å². The maximum absolute atomic E-state index is 13.3. The fraction of sp³-hybridized carbons (Fsp3) is 0.522. The molecule has 2 heterocycles. The Morgan fingerprint density at radius 2 is 2.13 bits per heavy atom. The van der Waals surface area contributed by atoms with Crippen LogP contribution in [-0.4, -0.2) is 46.6 Å². The normalized spacial score (nSPS) is 22.1. The summed E-state index contributed by atoms with van der Waals surface area (Å²) in [7, 11) is 1.31. The van der Waals surface area contributed by atoms with Gasteiger partial charge in [-0.3, -0.25) is 4.79 Å². The molecule has 1 fully saturated rings. The third-order valence-electron chi connectivity index (χ3n) is 6.21. The highest BCUT2D eigenvalue weighted by atomic mass is 16.5. The fourth-order valence-electron chi connectivity index (χ4n) is 4.54. The van der Waals surface area contributed by atoms with Crippen LogP contribution in [0.3, 0.4) is 0 Å². The van der Waals surface area contributed by atoms with E-state index in [4.69, 9.17) is 9.72 Å². The molecule has 0 bridgehead atoms. The van der Waals surface area contributed by atoms with Crippen LogP contribution in [0.5, 0.6) is 0 Å². The van der Waals surface area contributed by atoms with Crippen molar-refractivity contribution in [2.45, 2.75) is 57.5 Å². The first-order valence-corrected chi connectivity index (χ1v) is 10.8. The monoisotopic (exact) mass is 410 g/mol. The van der Waals surface area contributed by atoms with Crippen LogP contribution < -0.4 is 5.32 Å². The Hall–Kier alpha value is -2.83. The number of ether oxygens (including phenoxy) is 1. The van der Waals surface area contributed by atoms with Gasteiger partial charge in [0, 0.05) is 12.5 Å². The molecule has 1 aliphatic carbocycles. The topological polar surface area (TPSA) is 87.3 Å². The molecule has 0 radical (unpaired) electrons. The molecular weight excluding hydrogens is 380 g/mol. The van der Waals surface area contributed by atoms with Gasteiger partial charge in [-0.05, 0) is 49.3 Å².